The first-order valence-electron chi connectivity index (χ1n) is 8.91. The Labute approximate surface area is 158 Å². The zero-order valence-corrected chi connectivity index (χ0v) is 16.0. The number of nitrogens with zero attached hydrogens (tertiary/aromatic N) is 3. The number of pyridine rings is 1. The van der Waals surface area contributed by atoms with Gasteiger partial charge in [0.1, 0.15) is 5.15 Å². The van der Waals surface area contributed by atoms with Crippen LogP contribution >= 0.6 is 23.2 Å². The molecule has 0 radical (unpaired) electrons. The molecule has 3 heterocycles. The Hall–Kier alpha value is -1.30. The maximum absolute atomic E-state index is 12.6. The third-order valence-corrected chi connectivity index (χ3v) is 5.21. The molecule has 7 heteroatoms. The van der Waals surface area contributed by atoms with E-state index in [4.69, 9.17) is 23.2 Å². The van der Waals surface area contributed by atoms with Crippen LogP contribution in [0.4, 0.5) is 0 Å². The van der Waals surface area contributed by atoms with E-state index in [1.807, 2.05) is 0 Å². The van der Waals surface area contributed by atoms with Gasteiger partial charge in [0.2, 0.25) is 0 Å². The van der Waals surface area contributed by atoms with E-state index in [2.05, 4.69) is 22.1 Å². The number of imidazole rings is 1. The summed E-state index contributed by atoms with van der Waals surface area (Å²) in [4.78, 5) is 19.3. The van der Waals surface area contributed by atoms with E-state index in [-0.39, 0.29) is 5.91 Å². The largest absolute Gasteiger partial charge is 0.352 e. The topological polar surface area (TPSA) is 49.6 Å². The fourth-order valence-corrected chi connectivity index (χ4v) is 3.73. The van der Waals surface area contributed by atoms with Crippen LogP contribution in [0, 0.1) is 5.92 Å². The molecule has 1 aliphatic heterocycles. The Balaban J connectivity index is 1.57. The summed E-state index contributed by atoms with van der Waals surface area (Å²) in [5.41, 5.74) is 0.987. The highest BCUT2D eigenvalue weighted by atomic mass is 35.5. The van der Waals surface area contributed by atoms with Crippen molar-refractivity contribution in [2.75, 3.05) is 26.2 Å². The number of piperidine rings is 1. The molecule has 0 aliphatic carbocycles. The SMILES string of the molecule is CCCCN1CCC(CNC(=O)c2cc(Cl)cn3cc(Cl)nc23)CC1. The van der Waals surface area contributed by atoms with Gasteiger partial charge in [0.25, 0.3) is 5.91 Å². The first-order valence-corrected chi connectivity index (χ1v) is 9.66. The quantitative estimate of drug-likeness (QED) is 0.824. The molecule has 2 aromatic heterocycles. The van der Waals surface area contributed by atoms with E-state index in [0.29, 0.717) is 33.8 Å². The number of hydrogen-bond donors (Lipinski definition) is 1. The van der Waals surface area contributed by atoms with E-state index in [0.717, 1.165) is 25.9 Å². The van der Waals surface area contributed by atoms with Crippen LogP contribution in [0.1, 0.15) is 43.0 Å². The lowest BCUT2D eigenvalue weighted by Crippen LogP contribution is -2.39. The molecule has 136 valence electrons. The van der Waals surface area contributed by atoms with Gasteiger partial charge in [0.15, 0.2) is 5.65 Å². The smallest absolute Gasteiger partial charge is 0.255 e. The van der Waals surface area contributed by atoms with Crippen LogP contribution in [0.5, 0.6) is 0 Å². The number of rotatable bonds is 6. The predicted octanol–water partition coefficient (Wildman–Crippen LogP) is 3.88. The second kappa shape index (κ2) is 8.39. The number of likely N-dealkylation sites (tertiary alicyclic amines) is 1. The van der Waals surface area contributed by atoms with Crippen molar-refractivity contribution in [1.29, 1.82) is 0 Å². The maximum atomic E-state index is 12.6. The zero-order chi connectivity index (χ0) is 17.8. The third-order valence-electron chi connectivity index (χ3n) is 4.82. The molecule has 3 rings (SSSR count). The Kier molecular flexibility index (Phi) is 6.20. The summed E-state index contributed by atoms with van der Waals surface area (Å²) >= 11 is 12.1. The van der Waals surface area contributed by atoms with Gasteiger partial charge in [0.05, 0.1) is 10.6 Å². The molecule has 1 saturated heterocycles. The summed E-state index contributed by atoms with van der Waals surface area (Å²) in [7, 11) is 0. The Bertz CT molecular complexity index is 738. The van der Waals surface area contributed by atoms with Gasteiger partial charge in [-0.15, -0.1) is 0 Å². The number of unbranched alkanes of at least 4 members (excludes halogenated alkanes) is 1. The molecule has 0 aromatic carbocycles. The summed E-state index contributed by atoms with van der Waals surface area (Å²) in [6.07, 6.45) is 8.10. The second-order valence-electron chi connectivity index (χ2n) is 6.72. The first-order chi connectivity index (χ1) is 12.1. The summed E-state index contributed by atoms with van der Waals surface area (Å²) < 4.78 is 1.69. The van der Waals surface area contributed by atoms with E-state index in [1.54, 1.807) is 22.9 Å². The number of fused-ring (bicyclic) bond motifs is 1. The van der Waals surface area contributed by atoms with Crippen molar-refractivity contribution in [3.8, 4) is 0 Å². The Morgan fingerprint density at radius 2 is 2.08 bits per heavy atom. The van der Waals surface area contributed by atoms with Gasteiger partial charge in [-0.3, -0.25) is 4.79 Å². The molecule has 5 nitrogen and oxygen atoms in total. The van der Waals surface area contributed by atoms with E-state index in [1.165, 1.54) is 19.4 Å². The van der Waals surface area contributed by atoms with Gasteiger partial charge in [0, 0.05) is 18.9 Å². The lowest BCUT2D eigenvalue weighted by atomic mass is 9.96. The second-order valence-corrected chi connectivity index (χ2v) is 7.54. The van der Waals surface area contributed by atoms with Crippen LogP contribution in [0.3, 0.4) is 0 Å². The fraction of sp³-hybridized carbons (Fsp3) is 0.556. The minimum atomic E-state index is -0.150. The van der Waals surface area contributed by atoms with Crippen molar-refractivity contribution >= 4 is 34.8 Å². The molecular weight excluding hydrogens is 359 g/mol. The molecule has 0 atom stereocenters. The van der Waals surface area contributed by atoms with Crippen LogP contribution in [0.25, 0.3) is 5.65 Å². The molecular formula is C18H24Cl2N4O. The molecule has 1 fully saturated rings. The number of hydrogen-bond acceptors (Lipinski definition) is 3. The van der Waals surface area contributed by atoms with E-state index in [9.17, 15) is 4.79 Å². The predicted molar refractivity (Wildman–Crippen MR) is 102 cm³/mol. The number of nitrogens with one attached hydrogen (secondary N) is 1. The van der Waals surface area contributed by atoms with Gasteiger partial charge in [-0.1, -0.05) is 36.5 Å². The number of amides is 1. The van der Waals surface area contributed by atoms with Crippen molar-refractivity contribution < 1.29 is 4.79 Å². The summed E-state index contributed by atoms with van der Waals surface area (Å²) in [6, 6.07) is 1.64. The highest BCUT2D eigenvalue weighted by Crippen LogP contribution is 2.20. The Morgan fingerprint density at radius 3 is 2.80 bits per heavy atom. The molecule has 0 saturated carbocycles. The molecule has 1 amide bonds. The van der Waals surface area contributed by atoms with Crippen LogP contribution in [-0.4, -0.2) is 46.4 Å². The van der Waals surface area contributed by atoms with E-state index < -0.39 is 0 Å². The van der Waals surface area contributed by atoms with Crippen LogP contribution in [0.15, 0.2) is 18.5 Å². The van der Waals surface area contributed by atoms with Gasteiger partial charge >= 0.3 is 0 Å². The zero-order valence-electron chi connectivity index (χ0n) is 14.5. The van der Waals surface area contributed by atoms with Crippen LogP contribution in [0.2, 0.25) is 10.2 Å². The van der Waals surface area contributed by atoms with Crippen molar-refractivity contribution in [3.63, 3.8) is 0 Å². The summed E-state index contributed by atoms with van der Waals surface area (Å²) in [5.74, 6) is 0.378. The third kappa shape index (κ3) is 4.66. The summed E-state index contributed by atoms with van der Waals surface area (Å²) in [6.45, 7) is 6.35. The Morgan fingerprint density at radius 1 is 1.32 bits per heavy atom. The number of carbonyl (C=O) groups is 1. The van der Waals surface area contributed by atoms with Gasteiger partial charge in [-0.25, -0.2) is 4.98 Å². The fourth-order valence-electron chi connectivity index (χ4n) is 3.33. The molecule has 1 N–H and O–H groups in total. The highest BCUT2D eigenvalue weighted by molar-refractivity contribution is 6.31. The molecule has 25 heavy (non-hydrogen) atoms. The molecule has 0 spiro atoms. The minimum Gasteiger partial charge on any atom is -0.352 e. The van der Waals surface area contributed by atoms with Crippen molar-refractivity contribution in [2.45, 2.75) is 32.6 Å². The molecule has 0 unspecified atom stereocenters. The lowest BCUT2D eigenvalue weighted by Gasteiger charge is -2.31. The summed E-state index contributed by atoms with van der Waals surface area (Å²) in [5, 5.41) is 3.87. The monoisotopic (exact) mass is 382 g/mol. The van der Waals surface area contributed by atoms with Crippen LogP contribution < -0.4 is 5.32 Å². The van der Waals surface area contributed by atoms with Crippen LogP contribution in [-0.2, 0) is 0 Å². The maximum Gasteiger partial charge on any atom is 0.255 e. The average molecular weight is 383 g/mol. The number of halogens is 2. The standard InChI is InChI=1S/C18H24Cl2N4O/c1-2-3-6-23-7-4-13(5-8-23)10-21-18(25)15-9-14(19)11-24-12-16(20)22-17(15)24/h9,11-13H,2-8,10H2,1H3,(H,21,25). The average Bonchev–Trinajstić information content (AvgIpc) is 2.97. The number of aromatic nitrogens is 2. The van der Waals surface area contributed by atoms with E-state index >= 15 is 0 Å². The molecule has 0 bridgehead atoms. The van der Waals surface area contributed by atoms with Crippen molar-refractivity contribution in [2.24, 2.45) is 5.92 Å². The van der Waals surface area contributed by atoms with Gasteiger partial charge < -0.3 is 14.6 Å². The molecule has 2 aromatic rings. The van der Waals surface area contributed by atoms with Crippen molar-refractivity contribution in [3.05, 3.63) is 34.2 Å². The number of carbonyl (C=O) groups excluding carboxylic acids is 1. The van der Waals surface area contributed by atoms with Crippen molar-refractivity contribution in [1.82, 2.24) is 19.6 Å². The van der Waals surface area contributed by atoms with Gasteiger partial charge in [-0.05, 0) is 50.9 Å². The first kappa shape index (κ1) is 18.5. The lowest BCUT2D eigenvalue weighted by molar-refractivity contribution is 0.0937. The normalized spacial score (nSPS) is 16.4. The minimum absolute atomic E-state index is 0.150. The van der Waals surface area contributed by atoms with Gasteiger partial charge in [-0.2, -0.15) is 0 Å². The highest BCUT2D eigenvalue weighted by Gasteiger charge is 2.20. The molecule has 1 aliphatic rings.